The smallest absolute Gasteiger partial charge is 0.151 e. The summed E-state index contributed by atoms with van der Waals surface area (Å²) >= 11 is 0. The van der Waals surface area contributed by atoms with Gasteiger partial charge in [-0.15, -0.1) is 0 Å². The fourth-order valence-electron chi connectivity index (χ4n) is 2.37. The summed E-state index contributed by atoms with van der Waals surface area (Å²) in [5.41, 5.74) is 4.10. The van der Waals surface area contributed by atoms with Gasteiger partial charge in [0.2, 0.25) is 0 Å². The summed E-state index contributed by atoms with van der Waals surface area (Å²) < 4.78 is 0. The van der Waals surface area contributed by atoms with Gasteiger partial charge < -0.3 is 4.90 Å². The summed E-state index contributed by atoms with van der Waals surface area (Å²) in [5, 5.41) is 0. The van der Waals surface area contributed by atoms with E-state index < -0.39 is 0 Å². The molecule has 2 nitrogen and oxygen atoms in total. The van der Waals surface area contributed by atoms with Gasteiger partial charge >= 0.3 is 0 Å². The summed E-state index contributed by atoms with van der Waals surface area (Å²) in [7, 11) is 3.86. The second kappa shape index (κ2) is 4.79. The number of carbonyl (C=O) groups is 1. The number of carbonyl (C=O) groups excluding carboxylic acids is 1. The van der Waals surface area contributed by atoms with E-state index in [0.717, 1.165) is 0 Å². The molecule has 1 aliphatic carbocycles. The molecule has 0 unspecified atom stereocenters. The fraction of sp³-hybridized carbons (Fsp3) is 0.500. The van der Waals surface area contributed by atoms with Gasteiger partial charge in [0, 0.05) is 6.42 Å². The van der Waals surface area contributed by atoms with Gasteiger partial charge in [0.25, 0.3) is 0 Å². The number of Topliss-reactive ketones (excluding diaryl/α,β-unsaturated/α-hetero) is 1. The molecule has 2 heteroatoms. The normalized spacial score (nSPS) is 14.2. The Bertz CT molecular complexity index is 396. The zero-order chi connectivity index (χ0) is 11.5. The highest BCUT2D eigenvalue weighted by atomic mass is 16.1. The van der Waals surface area contributed by atoms with Crippen LogP contribution in [0.3, 0.4) is 0 Å². The Kier molecular flexibility index (Phi) is 3.39. The van der Waals surface area contributed by atoms with Crippen LogP contribution in [0.1, 0.15) is 23.1 Å². The summed E-state index contributed by atoms with van der Waals surface area (Å²) in [6, 6.07) is 6.52. The molecule has 0 N–H and O–H groups in total. The van der Waals surface area contributed by atoms with Gasteiger partial charge in [-0.3, -0.25) is 4.79 Å². The molecule has 0 radical (unpaired) electrons. The highest BCUT2D eigenvalue weighted by molar-refractivity contribution is 5.82. The number of nitrogens with zero attached hydrogens (tertiary/aromatic N) is 1. The van der Waals surface area contributed by atoms with E-state index in [0.29, 0.717) is 18.7 Å². The van der Waals surface area contributed by atoms with E-state index in [-0.39, 0.29) is 0 Å². The van der Waals surface area contributed by atoms with Crippen molar-refractivity contribution < 1.29 is 4.79 Å². The van der Waals surface area contributed by atoms with Crippen molar-refractivity contribution in [3.05, 3.63) is 34.9 Å². The first-order chi connectivity index (χ1) is 7.65. The summed E-state index contributed by atoms with van der Waals surface area (Å²) in [6.07, 6.45) is 4.24. The number of hydrogen-bond donors (Lipinski definition) is 0. The van der Waals surface area contributed by atoms with E-state index in [1.165, 1.54) is 36.0 Å². The molecule has 1 aliphatic rings. The quantitative estimate of drug-likeness (QED) is 0.767. The van der Waals surface area contributed by atoms with Gasteiger partial charge in [-0.25, -0.2) is 0 Å². The van der Waals surface area contributed by atoms with Crippen LogP contribution in [0, 0.1) is 0 Å². The lowest BCUT2D eigenvalue weighted by atomic mass is 10.0. The van der Waals surface area contributed by atoms with Crippen LogP contribution < -0.4 is 0 Å². The van der Waals surface area contributed by atoms with Crippen molar-refractivity contribution in [2.45, 2.75) is 25.7 Å². The number of fused-ring (bicyclic) bond motifs is 1. The maximum atomic E-state index is 11.7. The van der Waals surface area contributed by atoms with Crippen molar-refractivity contribution in [1.29, 1.82) is 0 Å². The number of likely N-dealkylation sites (N-methyl/N-ethyl adjacent to an activating group) is 1. The van der Waals surface area contributed by atoms with E-state index in [2.05, 4.69) is 18.2 Å². The first-order valence-electron chi connectivity index (χ1n) is 5.92. The Morgan fingerprint density at radius 3 is 2.75 bits per heavy atom. The van der Waals surface area contributed by atoms with Gasteiger partial charge in [-0.2, -0.15) is 0 Å². The minimum Gasteiger partial charge on any atom is -0.302 e. The third-order valence-corrected chi connectivity index (χ3v) is 3.06. The molecule has 1 aromatic rings. The Hall–Kier alpha value is -1.15. The fourth-order valence-corrected chi connectivity index (χ4v) is 2.37. The molecule has 0 saturated heterocycles. The third kappa shape index (κ3) is 2.70. The third-order valence-electron chi connectivity index (χ3n) is 3.06. The van der Waals surface area contributed by atoms with Gasteiger partial charge in [-0.05, 0) is 50.0 Å². The number of benzene rings is 1. The molecule has 0 bridgehead atoms. The minimum atomic E-state index is 0.294. The van der Waals surface area contributed by atoms with Crippen molar-refractivity contribution in [3.8, 4) is 0 Å². The summed E-state index contributed by atoms with van der Waals surface area (Å²) in [4.78, 5) is 13.6. The van der Waals surface area contributed by atoms with Crippen LogP contribution >= 0.6 is 0 Å². The minimum absolute atomic E-state index is 0.294. The summed E-state index contributed by atoms with van der Waals surface area (Å²) in [6.45, 7) is 0.539. The molecule has 0 aliphatic heterocycles. The molecule has 2 rings (SSSR count). The maximum Gasteiger partial charge on any atom is 0.151 e. The lowest BCUT2D eigenvalue weighted by molar-refractivity contribution is -0.119. The van der Waals surface area contributed by atoms with Crippen LogP contribution in [0.15, 0.2) is 18.2 Å². The number of hydrogen-bond acceptors (Lipinski definition) is 2. The van der Waals surface area contributed by atoms with E-state index in [1.54, 1.807) is 0 Å². The molecular weight excluding hydrogens is 198 g/mol. The molecule has 86 valence electrons. The zero-order valence-electron chi connectivity index (χ0n) is 10.1. The average Bonchev–Trinajstić information content (AvgIpc) is 2.63. The van der Waals surface area contributed by atoms with Crippen molar-refractivity contribution in [1.82, 2.24) is 4.90 Å². The second-order valence-electron chi connectivity index (χ2n) is 4.91. The first kappa shape index (κ1) is 11.3. The van der Waals surface area contributed by atoms with Crippen LogP contribution in [-0.2, 0) is 24.1 Å². The molecule has 0 amide bonds. The van der Waals surface area contributed by atoms with E-state index >= 15 is 0 Å². The number of aryl methyl sites for hydroxylation is 2. The predicted molar refractivity (Wildman–Crippen MR) is 65.7 cm³/mol. The maximum absolute atomic E-state index is 11.7. The molecule has 0 aromatic heterocycles. The lowest BCUT2D eigenvalue weighted by Gasteiger charge is -2.09. The Morgan fingerprint density at radius 1 is 1.25 bits per heavy atom. The molecular formula is C14H19NO. The van der Waals surface area contributed by atoms with E-state index in [9.17, 15) is 4.79 Å². The second-order valence-corrected chi connectivity index (χ2v) is 4.91. The lowest BCUT2D eigenvalue weighted by Crippen LogP contribution is -2.22. The molecule has 0 heterocycles. The van der Waals surface area contributed by atoms with Gasteiger partial charge in [0.05, 0.1) is 6.54 Å². The van der Waals surface area contributed by atoms with Crippen LogP contribution in [0.25, 0.3) is 0 Å². The summed E-state index contributed by atoms with van der Waals surface area (Å²) in [5.74, 6) is 0.294. The average molecular weight is 217 g/mol. The molecule has 0 spiro atoms. The molecule has 16 heavy (non-hydrogen) atoms. The Morgan fingerprint density at radius 2 is 2.00 bits per heavy atom. The van der Waals surface area contributed by atoms with E-state index in [1.807, 2.05) is 19.0 Å². The topological polar surface area (TPSA) is 20.3 Å². The highest BCUT2D eigenvalue weighted by Gasteiger charge is 2.12. The van der Waals surface area contributed by atoms with Crippen LogP contribution in [0.4, 0.5) is 0 Å². The number of ketones is 1. The Balaban J connectivity index is 2.02. The van der Waals surface area contributed by atoms with Gasteiger partial charge in [-0.1, -0.05) is 18.2 Å². The molecule has 0 atom stereocenters. The predicted octanol–water partition coefficient (Wildman–Crippen LogP) is 1.85. The van der Waals surface area contributed by atoms with Crippen LogP contribution in [-0.4, -0.2) is 31.3 Å². The SMILES string of the molecule is CN(C)CC(=O)Cc1ccc2c(c1)CCC2. The van der Waals surface area contributed by atoms with Crippen molar-refractivity contribution in [2.24, 2.45) is 0 Å². The first-order valence-corrected chi connectivity index (χ1v) is 5.92. The zero-order valence-corrected chi connectivity index (χ0v) is 10.1. The van der Waals surface area contributed by atoms with Crippen molar-refractivity contribution >= 4 is 5.78 Å². The van der Waals surface area contributed by atoms with Gasteiger partial charge in [0.1, 0.15) is 0 Å². The monoisotopic (exact) mass is 217 g/mol. The molecule has 1 aromatic carbocycles. The Labute approximate surface area is 97.3 Å². The van der Waals surface area contributed by atoms with Crippen molar-refractivity contribution in [3.63, 3.8) is 0 Å². The largest absolute Gasteiger partial charge is 0.302 e. The van der Waals surface area contributed by atoms with Crippen LogP contribution in [0.5, 0.6) is 0 Å². The van der Waals surface area contributed by atoms with Crippen molar-refractivity contribution in [2.75, 3.05) is 20.6 Å². The molecule has 0 saturated carbocycles. The van der Waals surface area contributed by atoms with Gasteiger partial charge in [0.15, 0.2) is 5.78 Å². The van der Waals surface area contributed by atoms with E-state index in [4.69, 9.17) is 0 Å². The highest BCUT2D eigenvalue weighted by Crippen LogP contribution is 2.22. The standard InChI is InChI=1S/C14H19NO/c1-15(2)10-14(16)9-11-6-7-12-4-3-5-13(12)8-11/h6-8H,3-5,9-10H2,1-2H3. The number of rotatable bonds is 4. The van der Waals surface area contributed by atoms with Crippen LogP contribution in [0.2, 0.25) is 0 Å². The molecule has 0 fully saturated rings.